The summed E-state index contributed by atoms with van der Waals surface area (Å²) in [5.74, 6) is 1.40. The normalized spacial score (nSPS) is 18.7. The maximum atomic E-state index is 12.6. The molecule has 0 spiro atoms. The minimum atomic E-state index is 0.00960. The van der Waals surface area contributed by atoms with Gasteiger partial charge in [0.05, 0.1) is 21.5 Å². The van der Waals surface area contributed by atoms with Crippen LogP contribution in [0.15, 0.2) is 47.9 Å². The molecule has 31 heavy (non-hydrogen) atoms. The molecule has 1 fully saturated rings. The monoisotopic (exact) mass is 475 g/mol. The van der Waals surface area contributed by atoms with E-state index in [1.807, 2.05) is 22.8 Å². The Balaban J connectivity index is 1.58. The molecular weight excluding hydrogens is 453 g/mol. The summed E-state index contributed by atoms with van der Waals surface area (Å²) in [5.41, 5.74) is 1.58. The Morgan fingerprint density at radius 3 is 2.77 bits per heavy atom. The molecule has 1 saturated carbocycles. The van der Waals surface area contributed by atoms with Gasteiger partial charge >= 0.3 is 0 Å². The first kappa shape index (κ1) is 22.1. The van der Waals surface area contributed by atoms with Gasteiger partial charge < -0.3 is 5.32 Å². The molecule has 6 nitrogen and oxygen atoms in total. The van der Waals surface area contributed by atoms with Crippen LogP contribution in [0.1, 0.15) is 32.6 Å². The number of halogens is 2. The molecule has 2 aromatic heterocycles. The third kappa shape index (κ3) is 5.22. The van der Waals surface area contributed by atoms with Gasteiger partial charge in [-0.15, -0.1) is 10.2 Å². The predicted molar refractivity (Wildman–Crippen MR) is 125 cm³/mol. The molecule has 0 bridgehead atoms. The van der Waals surface area contributed by atoms with Crippen molar-refractivity contribution < 1.29 is 4.79 Å². The van der Waals surface area contributed by atoms with E-state index >= 15 is 0 Å². The number of thioether (sulfide) groups is 1. The third-order valence-corrected chi connectivity index (χ3v) is 7.17. The first-order chi connectivity index (χ1) is 15.0. The lowest BCUT2D eigenvalue weighted by molar-refractivity contribution is -0.119. The van der Waals surface area contributed by atoms with Gasteiger partial charge in [-0.05, 0) is 49.1 Å². The van der Waals surface area contributed by atoms with E-state index in [1.165, 1.54) is 24.6 Å². The van der Waals surface area contributed by atoms with Crippen LogP contribution in [-0.2, 0) is 4.79 Å². The Hall–Kier alpha value is -2.09. The smallest absolute Gasteiger partial charge is 0.230 e. The number of hydrogen-bond acceptors (Lipinski definition) is 5. The summed E-state index contributed by atoms with van der Waals surface area (Å²) in [7, 11) is 0. The van der Waals surface area contributed by atoms with Gasteiger partial charge in [0.2, 0.25) is 5.91 Å². The van der Waals surface area contributed by atoms with Gasteiger partial charge in [-0.3, -0.25) is 14.3 Å². The summed E-state index contributed by atoms with van der Waals surface area (Å²) in [5, 5.41) is 13.4. The molecule has 0 radical (unpaired) electrons. The van der Waals surface area contributed by atoms with Crippen molar-refractivity contribution in [1.82, 2.24) is 25.1 Å². The zero-order valence-electron chi connectivity index (χ0n) is 17.1. The number of pyridine rings is 1. The van der Waals surface area contributed by atoms with E-state index in [-0.39, 0.29) is 17.7 Å². The topological polar surface area (TPSA) is 72.7 Å². The van der Waals surface area contributed by atoms with Crippen LogP contribution in [0.3, 0.4) is 0 Å². The summed E-state index contributed by atoms with van der Waals surface area (Å²) in [6.07, 6.45) is 8.05. The highest BCUT2D eigenvalue weighted by molar-refractivity contribution is 7.99. The lowest BCUT2D eigenvalue weighted by Crippen LogP contribution is -2.41. The van der Waals surface area contributed by atoms with E-state index in [0.717, 1.165) is 24.1 Å². The SMILES string of the molecule is CC1CCCCC1NC(=O)CSc1nnc(-c2cccnc2)n1-c1ccc(Cl)c(Cl)c1. The van der Waals surface area contributed by atoms with Crippen molar-refractivity contribution in [2.24, 2.45) is 5.92 Å². The number of benzene rings is 1. The molecule has 1 amide bonds. The fraction of sp³-hybridized carbons (Fsp3) is 0.364. The molecular formula is C22H23Cl2N5OS. The average Bonchev–Trinajstić information content (AvgIpc) is 3.20. The number of amides is 1. The van der Waals surface area contributed by atoms with Crippen molar-refractivity contribution in [3.63, 3.8) is 0 Å². The molecule has 1 aromatic carbocycles. The van der Waals surface area contributed by atoms with Crippen LogP contribution in [0.5, 0.6) is 0 Å². The van der Waals surface area contributed by atoms with Crippen LogP contribution < -0.4 is 5.32 Å². The molecule has 1 N–H and O–H groups in total. The predicted octanol–water partition coefficient (Wildman–Crippen LogP) is 5.42. The number of nitrogens with zero attached hydrogens (tertiary/aromatic N) is 4. The summed E-state index contributed by atoms with van der Waals surface area (Å²) in [6.45, 7) is 2.21. The Morgan fingerprint density at radius 2 is 2.03 bits per heavy atom. The van der Waals surface area contributed by atoms with Crippen molar-refractivity contribution in [3.05, 3.63) is 52.8 Å². The molecule has 2 unspecified atom stereocenters. The first-order valence-electron chi connectivity index (χ1n) is 10.3. The van der Waals surface area contributed by atoms with E-state index in [4.69, 9.17) is 23.2 Å². The molecule has 2 atom stereocenters. The lowest BCUT2D eigenvalue weighted by atomic mass is 9.86. The average molecular weight is 476 g/mol. The van der Waals surface area contributed by atoms with Crippen LogP contribution in [-0.4, -0.2) is 37.5 Å². The second-order valence-corrected chi connectivity index (χ2v) is 9.46. The van der Waals surface area contributed by atoms with Gasteiger partial charge in [0.15, 0.2) is 11.0 Å². The van der Waals surface area contributed by atoms with Crippen LogP contribution in [0.25, 0.3) is 17.1 Å². The lowest BCUT2D eigenvalue weighted by Gasteiger charge is -2.29. The van der Waals surface area contributed by atoms with Gasteiger partial charge in [-0.2, -0.15) is 0 Å². The molecule has 9 heteroatoms. The van der Waals surface area contributed by atoms with Crippen molar-refractivity contribution in [2.45, 2.75) is 43.8 Å². The number of rotatable bonds is 6. The van der Waals surface area contributed by atoms with E-state index in [0.29, 0.717) is 26.9 Å². The standard InChI is InChI=1S/C22H23Cl2N5OS/c1-14-5-2-3-7-19(14)26-20(30)13-31-22-28-27-21(15-6-4-10-25-12-15)29(22)16-8-9-17(23)18(24)11-16/h4,6,8-12,14,19H,2-3,5,7,13H2,1H3,(H,26,30). The van der Waals surface area contributed by atoms with E-state index in [1.54, 1.807) is 24.5 Å². The van der Waals surface area contributed by atoms with E-state index < -0.39 is 0 Å². The van der Waals surface area contributed by atoms with Crippen LogP contribution >= 0.6 is 35.0 Å². The fourth-order valence-electron chi connectivity index (χ4n) is 3.81. The molecule has 0 aliphatic heterocycles. The highest BCUT2D eigenvalue weighted by Gasteiger charge is 2.23. The molecule has 1 aliphatic rings. The molecule has 0 saturated heterocycles. The maximum absolute atomic E-state index is 12.6. The highest BCUT2D eigenvalue weighted by Crippen LogP contribution is 2.31. The van der Waals surface area contributed by atoms with Gasteiger partial charge in [0.25, 0.3) is 0 Å². The summed E-state index contributed by atoms with van der Waals surface area (Å²) in [4.78, 5) is 16.8. The zero-order valence-corrected chi connectivity index (χ0v) is 19.4. The molecule has 1 aliphatic carbocycles. The number of hydrogen-bond donors (Lipinski definition) is 1. The number of carbonyl (C=O) groups is 1. The van der Waals surface area contributed by atoms with Crippen molar-refractivity contribution in [1.29, 1.82) is 0 Å². The number of carbonyl (C=O) groups excluding carboxylic acids is 1. The zero-order chi connectivity index (χ0) is 21.8. The van der Waals surface area contributed by atoms with Crippen molar-refractivity contribution in [2.75, 3.05) is 5.75 Å². The van der Waals surface area contributed by atoms with E-state index in [2.05, 4.69) is 27.4 Å². The second kappa shape index (κ2) is 10.0. The Labute approximate surface area is 195 Å². The third-order valence-electron chi connectivity index (χ3n) is 5.50. The summed E-state index contributed by atoms with van der Waals surface area (Å²) < 4.78 is 1.88. The fourth-order valence-corrected chi connectivity index (χ4v) is 4.87. The quantitative estimate of drug-likeness (QED) is 0.481. The van der Waals surface area contributed by atoms with Gasteiger partial charge in [0.1, 0.15) is 0 Å². The molecule has 4 rings (SSSR count). The molecule has 2 heterocycles. The summed E-state index contributed by atoms with van der Waals surface area (Å²) >= 11 is 13.7. The Kier molecular flexibility index (Phi) is 7.15. The maximum Gasteiger partial charge on any atom is 0.230 e. The summed E-state index contributed by atoms with van der Waals surface area (Å²) in [6, 6.07) is 9.36. The van der Waals surface area contributed by atoms with Gasteiger partial charge in [0, 0.05) is 24.0 Å². The largest absolute Gasteiger partial charge is 0.352 e. The van der Waals surface area contributed by atoms with E-state index in [9.17, 15) is 4.79 Å². The van der Waals surface area contributed by atoms with Crippen molar-refractivity contribution in [3.8, 4) is 17.1 Å². The minimum absolute atomic E-state index is 0.00960. The van der Waals surface area contributed by atoms with Crippen LogP contribution in [0, 0.1) is 5.92 Å². The highest BCUT2D eigenvalue weighted by atomic mass is 35.5. The second-order valence-electron chi connectivity index (χ2n) is 7.71. The van der Waals surface area contributed by atoms with Crippen LogP contribution in [0.4, 0.5) is 0 Å². The molecule has 162 valence electrons. The minimum Gasteiger partial charge on any atom is -0.352 e. The Morgan fingerprint density at radius 1 is 1.19 bits per heavy atom. The number of nitrogens with one attached hydrogen (secondary N) is 1. The van der Waals surface area contributed by atoms with Crippen molar-refractivity contribution >= 4 is 40.9 Å². The van der Waals surface area contributed by atoms with Gasteiger partial charge in [-0.25, -0.2) is 0 Å². The van der Waals surface area contributed by atoms with Crippen LogP contribution in [0.2, 0.25) is 10.0 Å². The molecule has 3 aromatic rings. The number of aromatic nitrogens is 4. The Bertz CT molecular complexity index is 1060. The van der Waals surface area contributed by atoms with Gasteiger partial charge in [-0.1, -0.05) is 54.7 Å². The first-order valence-corrected chi connectivity index (χ1v) is 12.0.